The highest BCUT2D eigenvalue weighted by Gasteiger charge is 2.65. The molecule has 1 aromatic rings. The molecule has 6 atom stereocenters. The van der Waals surface area contributed by atoms with E-state index in [1.54, 1.807) is 31.0 Å². The van der Waals surface area contributed by atoms with Gasteiger partial charge in [-0.15, -0.1) is 6.58 Å². The Hall–Kier alpha value is -3.61. The molecule has 0 radical (unpaired) electrons. The Morgan fingerprint density at radius 2 is 1.67 bits per heavy atom. The SMILES string of the molecule is C=CCOC12Oc3ccc(OC(=O)NCCCCCCCCCCCC)cc3C3C(CCCCO)C(CCCCO)C=C(C(=NOC)CC1N(C)C(=O)OCC)C32. The van der Waals surface area contributed by atoms with Crippen molar-refractivity contribution in [2.24, 2.45) is 22.9 Å². The summed E-state index contributed by atoms with van der Waals surface area (Å²) < 4.78 is 25.3. The molecule has 2 aliphatic carbocycles. The Morgan fingerprint density at radius 3 is 2.32 bits per heavy atom. The van der Waals surface area contributed by atoms with Crippen LogP contribution in [0.3, 0.4) is 0 Å². The number of amides is 2. The number of benzene rings is 1. The Labute approximate surface area is 341 Å². The van der Waals surface area contributed by atoms with Crippen LogP contribution in [0.2, 0.25) is 0 Å². The van der Waals surface area contributed by atoms with Crippen molar-refractivity contribution >= 4 is 17.9 Å². The monoisotopic (exact) mass is 798 g/mol. The molecular formula is C45H71N3O9. The summed E-state index contributed by atoms with van der Waals surface area (Å²) in [5.74, 6) is -0.930. The van der Waals surface area contributed by atoms with E-state index in [1.807, 2.05) is 12.1 Å². The molecule has 4 rings (SSSR count). The first-order valence-corrected chi connectivity index (χ1v) is 21.8. The topological polar surface area (TPSA) is 148 Å². The number of rotatable bonds is 26. The maximum atomic E-state index is 13.5. The average molecular weight is 798 g/mol. The number of carbonyl (C=O) groups is 2. The van der Waals surface area contributed by atoms with Gasteiger partial charge in [0.05, 0.1) is 24.8 Å². The van der Waals surface area contributed by atoms with Gasteiger partial charge in [0.15, 0.2) is 0 Å². The van der Waals surface area contributed by atoms with E-state index in [-0.39, 0.29) is 50.6 Å². The van der Waals surface area contributed by atoms with Crippen LogP contribution in [0.5, 0.6) is 11.5 Å². The molecule has 3 aliphatic rings. The molecule has 0 bridgehead atoms. The van der Waals surface area contributed by atoms with Gasteiger partial charge in [0.1, 0.15) is 24.7 Å². The number of oxime groups is 1. The number of nitrogens with zero attached hydrogens (tertiary/aromatic N) is 2. The minimum atomic E-state index is -1.37. The Balaban J connectivity index is 1.68. The number of nitrogens with one attached hydrogen (secondary N) is 1. The van der Waals surface area contributed by atoms with Crippen LogP contribution in [-0.2, 0) is 14.3 Å². The zero-order valence-electron chi connectivity index (χ0n) is 35.2. The lowest BCUT2D eigenvalue weighted by molar-refractivity contribution is -0.253. The lowest BCUT2D eigenvalue weighted by Crippen LogP contribution is -2.69. The summed E-state index contributed by atoms with van der Waals surface area (Å²) in [4.78, 5) is 33.6. The number of fused-ring (bicyclic) bond motifs is 2. The lowest BCUT2D eigenvalue weighted by atomic mass is 9.55. The van der Waals surface area contributed by atoms with Crippen molar-refractivity contribution < 1.29 is 43.6 Å². The number of aliphatic hydroxyl groups is 2. The van der Waals surface area contributed by atoms with E-state index in [0.29, 0.717) is 36.6 Å². The molecule has 3 N–H and O–H groups in total. The first-order chi connectivity index (χ1) is 27.8. The smallest absolute Gasteiger partial charge is 0.412 e. The number of aliphatic hydroxyl groups excluding tert-OH is 2. The van der Waals surface area contributed by atoms with E-state index in [4.69, 9.17) is 23.8 Å². The molecule has 0 aromatic heterocycles. The summed E-state index contributed by atoms with van der Waals surface area (Å²) in [5.41, 5.74) is 2.50. The highest BCUT2D eigenvalue weighted by atomic mass is 16.7. The first kappa shape index (κ1) is 46.1. The largest absolute Gasteiger partial charge is 0.459 e. The predicted molar refractivity (Wildman–Crippen MR) is 223 cm³/mol. The van der Waals surface area contributed by atoms with Crippen molar-refractivity contribution in [2.45, 2.75) is 141 Å². The molecule has 0 saturated heterocycles. The zero-order chi connectivity index (χ0) is 41.0. The van der Waals surface area contributed by atoms with Crippen molar-refractivity contribution in [2.75, 3.05) is 47.1 Å². The fourth-order valence-corrected chi connectivity index (χ4v) is 9.20. The molecule has 1 aromatic carbocycles. The Kier molecular flexibility index (Phi) is 19.7. The van der Waals surface area contributed by atoms with Crippen LogP contribution in [0.15, 0.2) is 47.7 Å². The van der Waals surface area contributed by atoms with E-state index in [0.717, 1.165) is 49.7 Å². The van der Waals surface area contributed by atoms with Gasteiger partial charge in [0, 0.05) is 44.7 Å². The minimum Gasteiger partial charge on any atom is -0.459 e. The van der Waals surface area contributed by atoms with Crippen LogP contribution >= 0.6 is 0 Å². The molecule has 12 nitrogen and oxygen atoms in total. The fourth-order valence-electron chi connectivity index (χ4n) is 9.20. The third-order valence-corrected chi connectivity index (χ3v) is 11.9. The van der Waals surface area contributed by atoms with Gasteiger partial charge in [-0.25, -0.2) is 9.59 Å². The molecule has 1 heterocycles. The van der Waals surface area contributed by atoms with Crippen molar-refractivity contribution in [3.8, 4) is 11.5 Å². The van der Waals surface area contributed by atoms with E-state index >= 15 is 0 Å². The predicted octanol–water partition coefficient (Wildman–Crippen LogP) is 9.05. The van der Waals surface area contributed by atoms with Crippen molar-refractivity contribution in [3.05, 3.63) is 48.1 Å². The summed E-state index contributed by atoms with van der Waals surface area (Å²) in [5, 5.41) is 27.0. The number of allylic oxidation sites excluding steroid dienone is 1. The van der Waals surface area contributed by atoms with E-state index in [2.05, 4.69) is 30.1 Å². The molecular weight excluding hydrogens is 727 g/mol. The number of unbranched alkanes of at least 4 members (excludes halogenated alkanes) is 11. The van der Waals surface area contributed by atoms with Gasteiger partial charge in [-0.2, -0.15) is 0 Å². The minimum absolute atomic E-state index is 0.0502. The maximum absolute atomic E-state index is 13.5. The fraction of sp³-hybridized carbons (Fsp3) is 0.711. The zero-order valence-corrected chi connectivity index (χ0v) is 35.2. The van der Waals surface area contributed by atoms with E-state index in [1.165, 1.54) is 58.5 Å². The highest BCUT2D eigenvalue weighted by Crippen LogP contribution is 2.61. The highest BCUT2D eigenvalue weighted by molar-refractivity contribution is 6.02. The van der Waals surface area contributed by atoms with Crippen molar-refractivity contribution in [3.63, 3.8) is 0 Å². The molecule has 320 valence electrons. The van der Waals surface area contributed by atoms with Crippen molar-refractivity contribution in [1.29, 1.82) is 0 Å². The van der Waals surface area contributed by atoms with Gasteiger partial charge in [-0.05, 0) is 74.6 Å². The molecule has 0 spiro atoms. The average Bonchev–Trinajstić information content (AvgIpc) is 3.20. The lowest BCUT2D eigenvalue weighted by Gasteiger charge is -2.59. The molecule has 6 unspecified atom stereocenters. The van der Waals surface area contributed by atoms with Gasteiger partial charge in [0.2, 0.25) is 5.79 Å². The number of hydrogen-bond donors (Lipinski definition) is 3. The van der Waals surface area contributed by atoms with Crippen molar-refractivity contribution in [1.82, 2.24) is 10.2 Å². The molecule has 57 heavy (non-hydrogen) atoms. The molecule has 2 amide bonds. The van der Waals surface area contributed by atoms with Crippen LogP contribution in [0.1, 0.15) is 134 Å². The Morgan fingerprint density at radius 1 is 0.982 bits per heavy atom. The normalized spacial score (nSPS) is 24.1. The van der Waals surface area contributed by atoms with Gasteiger partial charge >= 0.3 is 12.2 Å². The quantitative estimate of drug-likeness (QED) is 0.0474. The standard InChI is InChI=1S/C45H71N3O9/c1-6-9-10-11-12-13-14-15-16-19-26-46-43(51)56-34-24-25-39-37(31-34)41-35(23-18-21-28-50)33(22-17-20-27-49)30-36-38(47-53-5)32-40(48(4)44(52)54-8-3)45(57-39,42(36)41)55-29-7-2/h7,24-25,30-31,33,35,40-42,49-50H,2,6,8-23,26-29,32H2,1,3-5H3,(H,46,51). The molecule has 1 aliphatic heterocycles. The number of carbonyl (C=O) groups excluding carboxylic acids is 2. The summed E-state index contributed by atoms with van der Waals surface area (Å²) in [6, 6.07) is 4.82. The molecule has 1 saturated carbocycles. The third kappa shape index (κ3) is 12.2. The van der Waals surface area contributed by atoms with Gasteiger partial charge in [-0.1, -0.05) is 94.9 Å². The summed E-state index contributed by atoms with van der Waals surface area (Å²) in [7, 11) is 3.21. The second-order valence-electron chi connectivity index (χ2n) is 15.8. The maximum Gasteiger partial charge on any atom is 0.412 e. The number of ether oxygens (including phenoxy) is 4. The van der Waals surface area contributed by atoms with Gasteiger partial charge in [-0.3, -0.25) is 0 Å². The summed E-state index contributed by atoms with van der Waals surface area (Å²) in [6.07, 6.45) is 20.0. The van der Waals surface area contributed by atoms with Crippen LogP contribution in [0.4, 0.5) is 9.59 Å². The van der Waals surface area contributed by atoms with E-state index < -0.39 is 29.9 Å². The summed E-state index contributed by atoms with van der Waals surface area (Å²) >= 11 is 0. The summed E-state index contributed by atoms with van der Waals surface area (Å²) in [6.45, 7) is 9.06. The van der Waals surface area contributed by atoms with Gasteiger partial charge < -0.3 is 44.2 Å². The second kappa shape index (κ2) is 24.3. The second-order valence-corrected chi connectivity index (χ2v) is 15.8. The number of hydrogen-bond acceptors (Lipinski definition) is 10. The van der Waals surface area contributed by atoms with Crippen LogP contribution < -0.4 is 14.8 Å². The van der Waals surface area contributed by atoms with Crippen LogP contribution in [-0.4, -0.2) is 92.0 Å². The van der Waals surface area contributed by atoms with E-state index in [9.17, 15) is 19.8 Å². The first-order valence-electron chi connectivity index (χ1n) is 21.8. The van der Waals surface area contributed by atoms with Crippen LogP contribution in [0, 0.1) is 17.8 Å². The Bertz CT molecular complexity index is 1470. The number of likely N-dealkylation sites (N-methyl/N-ethyl adjacent to an activating group) is 1. The molecule has 12 heteroatoms. The van der Waals surface area contributed by atoms with Gasteiger partial charge in [0.25, 0.3) is 0 Å². The van der Waals surface area contributed by atoms with Crippen LogP contribution in [0.25, 0.3) is 0 Å². The molecule has 1 fully saturated rings. The third-order valence-electron chi connectivity index (χ3n) is 11.9.